The van der Waals surface area contributed by atoms with Crippen LogP contribution in [0.1, 0.15) is 65.2 Å². The van der Waals surface area contributed by atoms with E-state index >= 15 is 0 Å². The van der Waals surface area contributed by atoms with Gasteiger partial charge in [0.1, 0.15) is 0 Å². The molecule has 5 rings (SSSR count). The first-order chi connectivity index (χ1) is 11.3. The minimum atomic E-state index is -0.359. The van der Waals surface area contributed by atoms with Gasteiger partial charge >= 0.3 is 5.97 Å². The van der Waals surface area contributed by atoms with Gasteiger partial charge in [-0.2, -0.15) is 0 Å². The Hall–Kier alpha value is -0.830. The lowest BCUT2D eigenvalue weighted by atomic mass is 9.36. The number of fused-ring (bicyclic) bond motifs is 3. The summed E-state index contributed by atoms with van der Waals surface area (Å²) < 4.78 is 5.22. The van der Waals surface area contributed by atoms with Crippen LogP contribution in [-0.4, -0.2) is 24.3 Å². The molecule has 0 radical (unpaired) electrons. The molecule has 3 nitrogen and oxygen atoms in total. The average Bonchev–Trinajstić information content (AvgIpc) is 2.58. The molecule has 0 aromatic heterocycles. The van der Waals surface area contributed by atoms with Crippen molar-refractivity contribution in [3.63, 3.8) is 0 Å². The average molecular weight is 332 g/mol. The van der Waals surface area contributed by atoms with E-state index in [1.165, 1.54) is 26.4 Å². The summed E-state index contributed by atoms with van der Waals surface area (Å²) >= 11 is 0. The molecule has 1 N–H and O–H groups in total. The largest absolute Gasteiger partial charge is 0.469 e. The van der Waals surface area contributed by atoms with Crippen LogP contribution in [0.25, 0.3) is 0 Å². The van der Waals surface area contributed by atoms with Gasteiger partial charge in [0.25, 0.3) is 0 Å². The molecule has 0 amide bonds. The Labute approximate surface area is 145 Å². The molecule has 5 aliphatic carbocycles. The van der Waals surface area contributed by atoms with Gasteiger partial charge < -0.3 is 9.84 Å². The normalized spacial score (nSPS) is 53.2. The fourth-order valence-corrected chi connectivity index (χ4v) is 7.74. The number of esters is 1. The lowest BCUT2D eigenvalue weighted by molar-refractivity contribution is -0.212. The third kappa shape index (κ3) is 1.80. The van der Waals surface area contributed by atoms with Crippen LogP contribution >= 0.6 is 0 Å². The zero-order valence-electron chi connectivity index (χ0n) is 15.4. The topological polar surface area (TPSA) is 46.5 Å². The van der Waals surface area contributed by atoms with Gasteiger partial charge in [0.2, 0.25) is 0 Å². The van der Waals surface area contributed by atoms with Crippen LogP contribution in [-0.2, 0) is 9.53 Å². The van der Waals surface area contributed by atoms with Gasteiger partial charge in [-0.25, -0.2) is 0 Å². The van der Waals surface area contributed by atoms with Crippen molar-refractivity contribution in [2.75, 3.05) is 7.11 Å². The van der Waals surface area contributed by atoms with Crippen molar-refractivity contribution in [1.29, 1.82) is 0 Å². The highest BCUT2D eigenvalue weighted by molar-refractivity contribution is 5.77. The molecule has 7 atom stereocenters. The molecule has 5 saturated carbocycles. The molecule has 0 aromatic carbocycles. The minimum Gasteiger partial charge on any atom is -0.469 e. The maximum absolute atomic E-state index is 12.6. The maximum Gasteiger partial charge on any atom is 0.311 e. The monoisotopic (exact) mass is 332 g/mol. The first-order valence-electron chi connectivity index (χ1n) is 9.75. The summed E-state index contributed by atoms with van der Waals surface area (Å²) in [4.78, 5) is 12.6. The van der Waals surface area contributed by atoms with E-state index in [0.29, 0.717) is 17.8 Å². The number of aliphatic hydroxyl groups is 1. The Morgan fingerprint density at radius 1 is 1.17 bits per heavy atom. The Kier molecular flexibility index (Phi) is 3.53. The molecule has 3 heteroatoms. The smallest absolute Gasteiger partial charge is 0.311 e. The van der Waals surface area contributed by atoms with Crippen LogP contribution in [0.15, 0.2) is 12.2 Å². The standard InChI is InChI=1S/C21H32O3/c1-13-14-6-10-21(17(13)22)11-7-15-19(2,16(21)12-14)8-5-9-20(15,3)18(23)24-4/h14-17,22H,1,5-12H2,2-4H3. The van der Waals surface area contributed by atoms with E-state index in [4.69, 9.17) is 4.74 Å². The second kappa shape index (κ2) is 5.09. The van der Waals surface area contributed by atoms with E-state index in [-0.39, 0.29) is 28.3 Å². The minimum absolute atomic E-state index is 0.0193. The van der Waals surface area contributed by atoms with Crippen molar-refractivity contribution in [2.45, 2.75) is 71.3 Å². The van der Waals surface area contributed by atoms with Crippen LogP contribution in [0, 0.1) is 34.0 Å². The zero-order chi connectivity index (χ0) is 17.3. The highest BCUT2D eigenvalue weighted by Crippen LogP contribution is 2.72. The number of carbonyl (C=O) groups is 1. The Morgan fingerprint density at radius 2 is 1.88 bits per heavy atom. The lowest BCUT2D eigenvalue weighted by Gasteiger charge is -2.68. The van der Waals surface area contributed by atoms with Gasteiger partial charge in [-0.15, -0.1) is 0 Å². The van der Waals surface area contributed by atoms with Crippen molar-refractivity contribution in [3.05, 3.63) is 12.2 Å². The third-order valence-electron chi connectivity index (χ3n) is 8.92. The van der Waals surface area contributed by atoms with Gasteiger partial charge in [-0.05, 0) is 80.6 Å². The molecule has 5 aliphatic rings. The Morgan fingerprint density at radius 3 is 2.58 bits per heavy atom. The van der Waals surface area contributed by atoms with Crippen LogP contribution < -0.4 is 0 Å². The SMILES string of the molecule is C=C1C2CCC3(CCC4C(C)(C(=O)OC)CCCC4(C)C3C2)C1O. The molecular formula is C21H32O3. The van der Waals surface area contributed by atoms with E-state index in [1.54, 1.807) is 0 Å². The van der Waals surface area contributed by atoms with Crippen molar-refractivity contribution >= 4 is 5.97 Å². The Bertz CT molecular complexity index is 584. The summed E-state index contributed by atoms with van der Waals surface area (Å²) in [6, 6.07) is 0. The number of ether oxygens (including phenoxy) is 1. The fourth-order valence-electron chi connectivity index (χ4n) is 7.74. The van der Waals surface area contributed by atoms with E-state index in [1.807, 2.05) is 0 Å². The van der Waals surface area contributed by atoms with Gasteiger partial charge in [-0.3, -0.25) is 4.79 Å². The van der Waals surface area contributed by atoms with Crippen LogP contribution in [0.3, 0.4) is 0 Å². The number of methoxy groups -OCH3 is 1. The quantitative estimate of drug-likeness (QED) is 0.581. The van der Waals surface area contributed by atoms with E-state index in [0.717, 1.165) is 37.7 Å². The van der Waals surface area contributed by atoms with E-state index in [9.17, 15) is 9.90 Å². The molecule has 5 fully saturated rings. The summed E-state index contributed by atoms with van der Waals surface area (Å²) in [5, 5.41) is 11.1. The lowest BCUT2D eigenvalue weighted by Crippen LogP contribution is -2.65. The third-order valence-corrected chi connectivity index (χ3v) is 8.92. The summed E-state index contributed by atoms with van der Waals surface area (Å²) in [5.74, 6) is 1.35. The molecule has 2 bridgehead atoms. The number of hydrogen-bond acceptors (Lipinski definition) is 3. The molecule has 0 saturated heterocycles. The molecular weight excluding hydrogens is 300 g/mol. The summed E-state index contributed by atoms with van der Waals surface area (Å²) in [6.07, 6.45) is 8.46. The molecule has 134 valence electrons. The van der Waals surface area contributed by atoms with Crippen molar-refractivity contribution in [3.8, 4) is 0 Å². The number of rotatable bonds is 1. The van der Waals surface area contributed by atoms with Crippen molar-refractivity contribution in [2.24, 2.45) is 34.0 Å². The van der Waals surface area contributed by atoms with Crippen LogP contribution in [0.4, 0.5) is 0 Å². The molecule has 1 spiro atoms. The van der Waals surface area contributed by atoms with Crippen molar-refractivity contribution < 1.29 is 14.6 Å². The van der Waals surface area contributed by atoms with Gasteiger partial charge in [0.15, 0.2) is 0 Å². The summed E-state index contributed by atoms with van der Waals surface area (Å²) in [6.45, 7) is 8.79. The van der Waals surface area contributed by atoms with E-state index < -0.39 is 0 Å². The molecule has 7 unspecified atom stereocenters. The number of hydrogen-bond donors (Lipinski definition) is 1. The predicted molar refractivity (Wildman–Crippen MR) is 93.2 cm³/mol. The second-order valence-corrected chi connectivity index (χ2v) is 9.59. The highest BCUT2D eigenvalue weighted by Gasteiger charge is 2.67. The second-order valence-electron chi connectivity index (χ2n) is 9.59. The summed E-state index contributed by atoms with van der Waals surface area (Å²) in [7, 11) is 1.53. The highest BCUT2D eigenvalue weighted by atomic mass is 16.5. The zero-order valence-corrected chi connectivity index (χ0v) is 15.4. The number of aliphatic hydroxyl groups excluding tert-OH is 1. The van der Waals surface area contributed by atoms with Gasteiger partial charge in [0.05, 0.1) is 18.6 Å². The van der Waals surface area contributed by atoms with Gasteiger partial charge in [0, 0.05) is 5.41 Å². The molecule has 0 heterocycles. The number of carbonyl (C=O) groups excluding carboxylic acids is 1. The molecule has 0 aromatic rings. The van der Waals surface area contributed by atoms with Crippen LogP contribution in [0.5, 0.6) is 0 Å². The van der Waals surface area contributed by atoms with E-state index in [2.05, 4.69) is 20.4 Å². The van der Waals surface area contributed by atoms with Crippen LogP contribution in [0.2, 0.25) is 0 Å². The van der Waals surface area contributed by atoms with Crippen molar-refractivity contribution in [1.82, 2.24) is 0 Å². The fraction of sp³-hybridized carbons (Fsp3) is 0.857. The molecule has 24 heavy (non-hydrogen) atoms. The summed E-state index contributed by atoms with van der Waals surface area (Å²) in [5.41, 5.74) is 0.888. The Balaban J connectivity index is 1.76. The molecule has 0 aliphatic heterocycles. The maximum atomic E-state index is 12.6. The van der Waals surface area contributed by atoms with Gasteiger partial charge in [-0.1, -0.05) is 19.9 Å². The first kappa shape index (κ1) is 16.6. The first-order valence-corrected chi connectivity index (χ1v) is 9.75. The predicted octanol–water partition coefficient (Wildman–Crippen LogP) is 4.10.